The van der Waals surface area contributed by atoms with E-state index in [0.717, 1.165) is 57.5 Å². The van der Waals surface area contributed by atoms with Crippen molar-refractivity contribution in [1.29, 1.82) is 0 Å². The van der Waals surface area contributed by atoms with Crippen LogP contribution < -0.4 is 15.4 Å². The van der Waals surface area contributed by atoms with E-state index in [1.807, 2.05) is 4.90 Å². The Morgan fingerprint density at radius 1 is 1.11 bits per heavy atom. The van der Waals surface area contributed by atoms with Crippen LogP contribution >= 0.6 is 22.9 Å². The molecule has 3 aliphatic heterocycles. The van der Waals surface area contributed by atoms with E-state index in [4.69, 9.17) is 27.1 Å². The van der Waals surface area contributed by atoms with Gasteiger partial charge in [-0.3, -0.25) is 4.79 Å². The lowest BCUT2D eigenvalue weighted by molar-refractivity contribution is -0.137. The first-order chi connectivity index (χ1) is 25.8. The third-order valence-corrected chi connectivity index (χ3v) is 12.0. The number of nitrogen functional groups attached to an aromatic ring is 1. The van der Waals surface area contributed by atoms with Crippen LogP contribution in [0.15, 0.2) is 29.5 Å². The number of thiazole rings is 1. The molecule has 3 saturated heterocycles. The van der Waals surface area contributed by atoms with Gasteiger partial charge in [0.1, 0.15) is 22.2 Å². The van der Waals surface area contributed by atoms with Gasteiger partial charge >= 0.3 is 12.2 Å². The van der Waals surface area contributed by atoms with Crippen molar-refractivity contribution < 1.29 is 31.5 Å². The average Bonchev–Trinajstić information content (AvgIpc) is 3.57. The fraction of sp³-hybridized carbons (Fsp3) is 0.486. The lowest BCUT2D eigenvalue weighted by Crippen LogP contribution is -2.56. The third kappa shape index (κ3) is 7.07. The normalized spacial score (nSPS) is 21.6. The van der Waals surface area contributed by atoms with E-state index >= 15 is 8.78 Å². The Morgan fingerprint density at radius 3 is 2.48 bits per heavy atom. The van der Waals surface area contributed by atoms with Crippen molar-refractivity contribution in [2.75, 3.05) is 50.0 Å². The maximum Gasteiger partial charge on any atom is 0.418 e. The molecule has 286 valence electrons. The third-order valence-electron chi connectivity index (χ3n) is 11.0. The van der Waals surface area contributed by atoms with Gasteiger partial charge < -0.3 is 25.2 Å². The quantitative estimate of drug-likeness (QED) is 0.135. The fourth-order valence-corrected chi connectivity index (χ4v) is 9.10. The summed E-state index contributed by atoms with van der Waals surface area (Å²) in [6, 6.07) is 1.49. The molecule has 1 amide bonds. The van der Waals surface area contributed by atoms with E-state index < -0.39 is 52.6 Å². The molecule has 2 N–H and O–H groups in total. The van der Waals surface area contributed by atoms with Crippen LogP contribution in [0, 0.1) is 18.2 Å². The Labute approximate surface area is 317 Å². The van der Waals surface area contributed by atoms with Crippen LogP contribution in [-0.2, 0) is 11.0 Å². The molecule has 17 heteroatoms. The number of carbonyl (C=O) groups excluding carboxylic acids is 1. The van der Waals surface area contributed by atoms with E-state index in [9.17, 15) is 18.0 Å². The fourth-order valence-electron chi connectivity index (χ4n) is 8.26. The Hall–Kier alpha value is -4.15. The number of rotatable bonds is 9. The summed E-state index contributed by atoms with van der Waals surface area (Å²) < 4.78 is 81.6. The molecule has 4 aliphatic rings. The smallest absolute Gasteiger partial charge is 0.418 e. The predicted molar refractivity (Wildman–Crippen MR) is 196 cm³/mol. The number of anilines is 2. The summed E-state index contributed by atoms with van der Waals surface area (Å²) in [6.07, 6.45) is 4.36. The first kappa shape index (κ1) is 36.8. The lowest BCUT2D eigenvalue weighted by atomic mass is 9.99. The van der Waals surface area contributed by atoms with Crippen LogP contribution in [0.3, 0.4) is 0 Å². The van der Waals surface area contributed by atoms with Crippen LogP contribution in [-0.4, -0.2) is 87.1 Å². The van der Waals surface area contributed by atoms with Gasteiger partial charge in [-0.15, -0.1) is 11.3 Å². The zero-order chi connectivity index (χ0) is 37.9. The van der Waals surface area contributed by atoms with Crippen LogP contribution in [0.2, 0.25) is 5.02 Å². The van der Waals surface area contributed by atoms with Crippen molar-refractivity contribution in [2.45, 2.75) is 70.1 Å². The van der Waals surface area contributed by atoms with Gasteiger partial charge in [-0.05, 0) is 76.2 Å². The summed E-state index contributed by atoms with van der Waals surface area (Å²) in [6.45, 7) is 4.86. The molecule has 1 saturated carbocycles. The number of hydrogen-bond donors (Lipinski definition) is 1. The molecule has 2 unspecified atom stereocenters. The molecular formula is C37H38ClF5N8O2S. The molecule has 4 fully saturated rings. The van der Waals surface area contributed by atoms with Crippen molar-refractivity contribution in [3.8, 4) is 17.3 Å². The predicted octanol–water partition coefficient (Wildman–Crippen LogP) is 7.69. The molecule has 3 aromatic heterocycles. The number of benzene rings is 1. The summed E-state index contributed by atoms with van der Waals surface area (Å²) in [5, 5.41) is 1.87. The molecule has 4 aromatic rings. The van der Waals surface area contributed by atoms with Crippen molar-refractivity contribution in [2.24, 2.45) is 5.41 Å². The molecule has 0 spiro atoms. The highest BCUT2D eigenvalue weighted by Crippen LogP contribution is 2.48. The molecule has 54 heavy (non-hydrogen) atoms. The minimum atomic E-state index is -4.89. The number of nitrogens with zero attached hydrogens (tertiary/aromatic N) is 7. The van der Waals surface area contributed by atoms with Crippen LogP contribution in [0.4, 0.5) is 33.6 Å². The number of aromatic nitrogens is 4. The van der Waals surface area contributed by atoms with Gasteiger partial charge in [0.15, 0.2) is 11.6 Å². The van der Waals surface area contributed by atoms with Gasteiger partial charge in [-0.25, -0.2) is 18.7 Å². The van der Waals surface area contributed by atoms with E-state index in [0.29, 0.717) is 17.8 Å². The lowest BCUT2D eigenvalue weighted by Gasteiger charge is -2.41. The highest BCUT2D eigenvalue weighted by atomic mass is 35.5. The zero-order valence-electron chi connectivity index (χ0n) is 29.4. The van der Waals surface area contributed by atoms with Gasteiger partial charge in [-0.2, -0.15) is 23.1 Å². The van der Waals surface area contributed by atoms with Crippen molar-refractivity contribution in [3.05, 3.63) is 56.5 Å². The Kier molecular flexibility index (Phi) is 9.66. The Balaban J connectivity index is 1.18. The maximum atomic E-state index is 16.9. The monoisotopic (exact) mass is 788 g/mol. The van der Waals surface area contributed by atoms with Crippen molar-refractivity contribution in [1.82, 2.24) is 29.7 Å². The Bertz CT molecular complexity index is 2110. The number of pyridine rings is 1. The number of aryl methyl sites for hydroxylation is 1. The number of amides is 1. The molecule has 6 heterocycles. The minimum Gasteiger partial charge on any atom is -0.463 e. The molecule has 1 aromatic carbocycles. The van der Waals surface area contributed by atoms with Gasteiger partial charge in [0.05, 0.1) is 40.5 Å². The van der Waals surface area contributed by atoms with Crippen LogP contribution in [0.1, 0.15) is 61.1 Å². The molecule has 2 atom stereocenters. The highest BCUT2D eigenvalue weighted by Gasteiger charge is 2.47. The second-order valence-electron chi connectivity index (χ2n) is 14.8. The summed E-state index contributed by atoms with van der Waals surface area (Å²) >= 11 is 7.88. The summed E-state index contributed by atoms with van der Waals surface area (Å²) in [5.41, 5.74) is 2.74. The average molecular weight is 789 g/mol. The number of hydrogen-bond acceptors (Lipinski definition) is 10. The number of alkyl halides is 3. The number of piperidine rings is 1. The van der Waals surface area contributed by atoms with Crippen LogP contribution in [0.25, 0.3) is 28.2 Å². The summed E-state index contributed by atoms with van der Waals surface area (Å²) in [5.74, 6) is -2.76. The SMILES string of the molecule is Cc1cc(N)nc(-c2c(Cl)cc3c(N4CC5CCC(C4)N5C(=O)/C(F)=C/c4nccs4)nc(OCC4(CN5CCCCC5)CC4)nc3c2F)c1C(F)(F)F. The number of likely N-dealkylation sites (tertiary alicyclic amines) is 1. The van der Waals surface area contributed by atoms with E-state index in [1.54, 1.807) is 10.3 Å². The van der Waals surface area contributed by atoms with Gasteiger partial charge in [-0.1, -0.05) is 18.0 Å². The van der Waals surface area contributed by atoms with E-state index in [2.05, 4.69) is 19.9 Å². The summed E-state index contributed by atoms with van der Waals surface area (Å²) in [4.78, 5) is 36.4. The first-order valence-electron chi connectivity index (χ1n) is 18.0. The zero-order valence-corrected chi connectivity index (χ0v) is 31.0. The molecule has 0 radical (unpaired) electrons. The maximum absolute atomic E-state index is 16.9. The molecular weight excluding hydrogens is 751 g/mol. The van der Waals surface area contributed by atoms with Crippen molar-refractivity contribution >= 4 is 57.5 Å². The molecule has 8 rings (SSSR count). The van der Waals surface area contributed by atoms with Crippen molar-refractivity contribution in [3.63, 3.8) is 0 Å². The summed E-state index contributed by atoms with van der Waals surface area (Å²) in [7, 11) is 0. The number of nitrogens with two attached hydrogens (primary N) is 1. The second-order valence-corrected chi connectivity index (χ2v) is 16.2. The van der Waals surface area contributed by atoms with E-state index in [1.165, 1.54) is 36.9 Å². The molecule has 10 nitrogen and oxygen atoms in total. The largest absolute Gasteiger partial charge is 0.463 e. The first-order valence-corrected chi connectivity index (χ1v) is 19.3. The molecule has 2 bridgehead atoms. The van der Waals surface area contributed by atoms with Crippen LogP contribution in [0.5, 0.6) is 6.01 Å². The standard InChI is InChI=1S/C37H38ClF5N8O2S/c1-20-13-26(44)46-32(29(20)37(41,42)43)28-24(38)14-23-31(30(28)40)47-35(53-19-36(7-8-36)18-49-10-3-2-4-11-49)48-33(23)50-16-21-5-6-22(17-50)51(21)34(52)25(39)15-27-45-9-12-54-27/h9,12-15,21-22H,2-8,10-11,16-19H2,1H3,(H2,44,46)/b25-15-. The second kappa shape index (κ2) is 14.2. The number of piperazine rings is 1. The van der Waals surface area contributed by atoms with Gasteiger partial charge in [0.2, 0.25) is 0 Å². The van der Waals surface area contributed by atoms with Gasteiger partial charge in [0.25, 0.3) is 5.91 Å². The van der Waals surface area contributed by atoms with E-state index in [-0.39, 0.29) is 64.2 Å². The number of halogens is 6. The number of ether oxygens (including phenoxy) is 1. The highest BCUT2D eigenvalue weighted by molar-refractivity contribution is 7.10. The number of fused-ring (bicyclic) bond motifs is 3. The molecule has 1 aliphatic carbocycles. The number of carbonyl (C=O) groups is 1. The Morgan fingerprint density at radius 2 is 1.83 bits per heavy atom. The minimum absolute atomic E-state index is 0.106. The topological polar surface area (TPSA) is 114 Å². The van der Waals surface area contributed by atoms with Gasteiger partial charge in [0, 0.05) is 48.1 Å².